The summed E-state index contributed by atoms with van der Waals surface area (Å²) in [4.78, 5) is 28.4. The number of carbonyl (C=O) groups is 2. The number of hydrogen-bond acceptors (Lipinski definition) is 4. The largest absolute Gasteiger partial charge is 0.354 e. The summed E-state index contributed by atoms with van der Waals surface area (Å²) in [5.74, 6) is -0.743. The summed E-state index contributed by atoms with van der Waals surface area (Å²) >= 11 is 2.14. The molecule has 0 aliphatic carbocycles. The molecule has 9 heteroatoms. The van der Waals surface area contributed by atoms with E-state index in [2.05, 4.69) is 27.9 Å². The first-order chi connectivity index (χ1) is 18.1. The van der Waals surface area contributed by atoms with Crippen molar-refractivity contribution < 1.29 is 18.0 Å². The van der Waals surface area contributed by atoms with Crippen molar-refractivity contribution in [3.63, 3.8) is 0 Å². The molecule has 0 saturated heterocycles. The zero-order valence-corrected chi connectivity index (χ0v) is 24.9. The monoisotopic (exact) mass is 647 g/mol. The number of nitrogens with zero attached hydrogens (tertiary/aromatic N) is 2. The lowest BCUT2D eigenvalue weighted by atomic mass is 10.1. The van der Waals surface area contributed by atoms with Gasteiger partial charge < -0.3 is 10.2 Å². The van der Waals surface area contributed by atoms with Gasteiger partial charge in [-0.15, -0.1) is 0 Å². The third-order valence-corrected chi connectivity index (χ3v) is 8.70. The third-order valence-electron chi connectivity index (χ3n) is 6.20. The number of carbonyl (C=O) groups excluding carboxylic acids is 2. The molecule has 0 fully saturated rings. The molecule has 1 unspecified atom stereocenters. The van der Waals surface area contributed by atoms with Crippen molar-refractivity contribution in [3.8, 4) is 0 Å². The molecule has 0 heterocycles. The summed E-state index contributed by atoms with van der Waals surface area (Å²) in [6, 6.07) is 21.9. The normalized spacial score (nSPS) is 12.0. The van der Waals surface area contributed by atoms with Crippen molar-refractivity contribution >= 4 is 50.1 Å². The van der Waals surface area contributed by atoms with E-state index in [1.54, 1.807) is 49.4 Å². The molecular weight excluding hydrogens is 613 g/mol. The van der Waals surface area contributed by atoms with Crippen LogP contribution in [0.1, 0.15) is 37.8 Å². The van der Waals surface area contributed by atoms with E-state index in [9.17, 15) is 18.0 Å². The Morgan fingerprint density at radius 1 is 0.947 bits per heavy atom. The van der Waals surface area contributed by atoms with Gasteiger partial charge >= 0.3 is 0 Å². The van der Waals surface area contributed by atoms with E-state index in [0.29, 0.717) is 12.2 Å². The van der Waals surface area contributed by atoms with Crippen molar-refractivity contribution in [1.29, 1.82) is 0 Å². The standard InChI is InChI=1S/C29H34IN3O4S/c1-4-5-19-31-29(35)23(3)32(20-24-13-11-22(2)12-14-24)28(34)21-33(26-17-15-25(30)16-18-26)38(36,37)27-9-7-6-8-10-27/h6-18,23H,4-5,19-21H2,1-3H3,(H,31,35). The highest BCUT2D eigenvalue weighted by Crippen LogP contribution is 2.25. The van der Waals surface area contributed by atoms with Gasteiger partial charge in [-0.2, -0.15) is 0 Å². The Bertz CT molecular complexity index is 1310. The first-order valence-electron chi connectivity index (χ1n) is 12.6. The number of hydrogen-bond donors (Lipinski definition) is 1. The van der Waals surface area contributed by atoms with Crippen molar-refractivity contribution in [3.05, 3.63) is 93.6 Å². The number of sulfonamides is 1. The summed E-state index contributed by atoms with van der Waals surface area (Å²) < 4.78 is 29.5. The molecule has 0 aliphatic rings. The summed E-state index contributed by atoms with van der Waals surface area (Å²) in [7, 11) is -4.05. The van der Waals surface area contributed by atoms with Crippen LogP contribution in [-0.4, -0.2) is 44.3 Å². The first kappa shape index (κ1) is 29.6. The van der Waals surface area contributed by atoms with E-state index in [-0.39, 0.29) is 17.3 Å². The maximum Gasteiger partial charge on any atom is 0.264 e. The fraction of sp³-hybridized carbons (Fsp3) is 0.310. The SMILES string of the molecule is CCCCNC(=O)C(C)N(Cc1ccc(C)cc1)C(=O)CN(c1ccc(I)cc1)S(=O)(=O)c1ccccc1. The van der Waals surface area contributed by atoms with Gasteiger partial charge in [0.2, 0.25) is 11.8 Å². The number of aryl methyl sites for hydroxylation is 1. The molecule has 1 atom stereocenters. The lowest BCUT2D eigenvalue weighted by molar-refractivity contribution is -0.139. The molecule has 1 N–H and O–H groups in total. The van der Waals surface area contributed by atoms with E-state index < -0.39 is 28.5 Å². The molecule has 0 aliphatic heterocycles. The summed E-state index contributed by atoms with van der Waals surface area (Å²) in [6.45, 7) is 5.93. The van der Waals surface area contributed by atoms with Gasteiger partial charge in [-0.05, 0) is 84.8 Å². The van der Waals surface area contributed by atoms with Crippen LogP contribution in [0.3, 0.4) is 0 Å². The van der Waals surface area contributed by atoms with E-state index >= 15 is 0 Å². The van der Waals surface area contributed by atoms with Crippen LogP contribution in [0, 0.1) is 10.5 Å². The van der Waals surface area contributed by atoms with E-state index in [4.69, 9.17) is 0 Å². The predicted octanol–water partition coefficient (Wildman–Crippen LogP) is 5.13. The third kappa shape index (κ3) is 7.80. The van der Waals surface area contributed by atoms with Crippen LogP contribution in [0.25, 0.3) is 0 Å². The number of anilines is 1. The highest BCUT2D eigenvalue weighted by molar-refractivity contribution is 14.1. The van der Waals surface area contributed by atoms with Gasteiger partial charge in [0.25, 0.3) is 10.0 Å². The highest BCUT2D eigenvalue weighted by Gasteiger charge is 2.32. The fourth-order valence-electron chi connectivity index (χ4n) is 3.86. The minimum atomic E-state index is -4.05. The molecule has 0 bridgehead atoms. The molecule has 0 aromatic heterocycles. The lowest BCUT2D eigenvalue weighted by Gasteiger charge is -2.32. The van der Waals surface area contributed by atoms with Gasteiger partial charge in [-0.1, -0.05) is 61.4 Å². The average molecular weight is 648 g/mol. The second-order valence-corrected chi connectivity index (χ2v) is 12.2. The zero-order chi connectivity index (χ0) is 27.7. The van der Waals surface area contributed by atoms with E-state index in [0.717, 1.165) is 31.8 Å². The quantitative estimate of drug-likeness (QED) is 0.218. The smallest absolute Gasteiger partial charge is 0.264 e. The Balaban J connectivity index is 1.97. The topological polar surface area (TPSA) is 86.8 Å². The second kappa shape index (κ2) is 13.7. The van der Waals surface area contributed by atoms with Crippen LogP contribution in [0.15, 0.2) is 83.8 Å². The van der Waals surface area contributed by atoms with Crippen LogP contribution in [0.5, 0.6) is 0 Å². The van der Waals surface area contributed by atoms with Crippen LogP contribution < -0.4 is 9.62 Å². The van der Waals surface area contributed by atoms with Crippen molar-refractivity contribution in [1.82, 2.24) is 10.2 Å². The maximum absolute atomic E-state index is 13.9. The second-order valence-electron chi connectivity index (χ2n) is 9.13. The zero-order valence-electron chi connectivity index (χ0n) is 21.9. The Morgan fingerprint density at radius 2 is 1.58 bits per heavy atom. The summed E-state index contributed by atoms with van der Waals surface area (Å²) in [6.07, 6.45) is 1.77. The molecule has 0 saturated carbocycles. The molecule has 3 rings (SSSR count). The lowest BCUT2D eigenvalue weighted by Crippen LogP contribution is -2.51. The van der Waals surface area contributed by atoms with Gasteiger partial charge in [0.1, 0.15) is 12.6 Å². The van der Waals surface area contributed by atoms with Gasteiger partial charge in [0.15, 0.2) is 0 Å². The maximum atomic E-state index is 13.9. The average Bonchev–Trinajstić information content (AvgIpc) is 2.92. The van der Waals surface area contributed by atoms with Crippen LogP contribution in [0.4, 0.5) is 5.69 Å². The van der Waals surface area contributed by atoms with Crippen LogP contribution in [-0.2, 0) is 26.2 Å². The first-order valence-corrected chi connectivity index (χ1v) is 15.1. The number of benzene rings is 3. The number of halogens is 1. The molecule has 0 spiro atoms. The minimum Gasteiger partial charge on any atom is -0.354 e. The molecule has 3 aromatic rings. The van der Waals surface area contributed by atoms with Crippen molar-refractivity contribution in [2.24, 2.45) is 0 Å². The van der Waals surface area contributed by atoms with Crippen LogP contribution >= 0.6 is 22.6 Å². The Kier molecular flexibility index (Phi) is 10.7. The molecule has 0 radical (unpaired) electrons. The molecular formula is C29H34IN3O4S. The number of rotatable bonds is 12. The van der Waals surface area contributed by atoms with Gasteiger partial charge in [-0.25, -0.2) is 8.42 Å². The number of unbranched alkanes of at least 4 members (excludes halogenated alkanes) is 1. The van der Waals surface area contributed by atoms with Gasteiger partial charge in [-0.3, -0.25) is 13.9 Å². The Labute approximate surface area is 239 Å². The number of nitrogens with one attached hydrogen (secondary N) is 1. The molecule has 38 heavy (non-hydrogen) atoms. The summed E-state index contributed by atoms with van der Waals surface area (Å²) in [5, 5.41) is 2.90. The Hall–Kier alpha value is -2.92. The summed E-state index contributed by atoms with van der Waals surface area (Å²) in [5.41, 5.74) is 2.30. The van der Waals surface area contributed by atoms with Crippen LogP contribution in [0.2, 0.25) is 0 Å². The van der Waals surface area contributed by atoms with Crippen molar-refractivity contribution in [2.75, 3.05) is 17.4 Å². The molecule has 2 amide bonds. The fourth-order valence-corrected chi connectivity index (χ4v) is 5.66. The highest BCUT2D eigenvalue weighted by atomic mass is 127. The van der Waals surface area contributed by atoms with Gasteiger partial charge in [0, 0.05) is 16.7 Å². The number of amides is 2. The van der Waals surface area contributed by atoms with E-state index in [1.807, 2.05) is 38.1 Å². The van der Waals surface area contributed by atoms with Crippen molar-refractivity contribution in [2.45, 2.75) is 51.1 Å². The predicted molar refractivity (Wildman–Crippen MR) is 159 cm³/mol. The minimum absolute atomic E-state index is 0.0850. The molecule has 3 aromatic carbocycles. The van der Waals surface area contributed by atoms with E-state index in [1.165, 1.54) is 17.0 Å². The Morgan fingerprint density at radius 3 is 2.18 bits per heavy atom. The molecule has 7 nitrogen and oxygen atoms in total. The molecule has 202 valence electrons. The van der Waals surface area contributed by atoms with Gasteiger partial charge in [0.05, 0.1) is 10.6 Å².